The molecule has 0 amide bonds. The zero-order valence-electron chi connectivity index (χ0n) is 30.5. The minimum absolute atomic E-state index is 0.0526. The molecule has 0 atom stereocenters. The maximum absolute atomic E-state index is 13.3. The van der Waals surface area contributed by atoms with Crippen molar-refractivity contribution in [2.45, 2.75) is 38.3 Å². The number of methoxy groups -OCH3 is 1. The highest BCUT2D eigenvalue weighted by atomic mass is 16.5. The molecule has 274 valence electrons. The van der Waals surface area contributed by atoms with Gasteiger partial charge in [0.25, 0.3) is 5.56 Å². The number of esters is 1. The van der Waals surface area contributed by atoms with Crippen molar-refractivity contribution < 1.29 is 19.4 Å². The lowest BCUT2D eigenvalue weighted by molar-refractivity contribution is 0.0598. The van der Waals surface area contributed by atoms with Crippen molar-refractivity contribution in [1.82, 2.24) is 24.8 Å². The molecule has 2 aromatic heterocycles. The summed E-state index contributed by atoms with van der Waals surface area (Å²) < 4.78 is 6.41. The van der Waals surface area contributed by atoms with Gasteiger partial charge in [-0.25, -0.2) is 9.59 Å². The van der Waals surface area contributed by atoms with Crippen LogP contribution in [0.1, 0.15) is 68.4 Å². The average Bonchev–Trinajstić information content (AvgIpc) is 3.72. The van der Waals surface area contributed by atoms with Gasteiger partial charge in [0, 0.05) is 24.2 Å². The van der Waals surface area contributed by atoms with E-state index in [0.717, 1.165) is 51.4 Å². The fraction of sp³-hybridized carbons (Fsp3) is 0.156. The number of carbonyl (C=O) groups excluding carboxylic acids is 1. The molecule has 0 aliphatic carbocycles. The van der Waals surface area contributed by atoms with Gasteiger partial charge >= 0.3 is 11.9 Å². The number of pyridine rings is 1. The minimum Gasteiger partial charge on any atom is -0.477 e. The van der Waals surface area contributed by atoms with E-state index in [9.17, 15) is 19.5 Å². The summed E-state index contributed by atoms with van der Waals surface area (Å²) in [5.74, 6) is -1.65. The Morgan fingerprint density at radius 3 is 1.80 bits per heavy atom. The number of aromatic carboxylic acids is 1. The van der Waals surface area contributed by atoms with Gasteiger partial charge in [0.1, 0.15) is 5.56 Å². The van der Waals surface area contributed by atoms with Crippen LogP contribution in [-0.2, 0) is 23.2 Å². The molecular formula is C45H39N5O5. The summed E-state index contributed by atoms with van der Waals surface area (Å²) in [4.78, 5) is 39.9. The number of hydrogen-bond acceptors (Lipinski definition) is 7. The Morgan fingerprint density at radius 1 is 0.727 bits per heavy atom. The van der Waals surface area contributed by atoms with Crippen LogP contribution in [0.25, 0.3) is 22.5 Å². The van der Waals surface area contributed by atoms with E-state index < -0.39 is 28.6 Å². The lowest BCUT2D eigenvalue weighted by Gasteiger charge is -2.34. The number of hydrogen-bond donors (Lipinski definition) is 1. The monoisotopic (exact) mass is 729 g/mol. The molecule has 0 radical (unpaired) electrons. The van der Waals surface area contributed by atoms with Gasteiger partial charge in [-0.1, -0.05) is 153 Å². The third kappa shape index (κ3) is 6.97. The number of unbranched alkanes of at least 4 members (excludes halogenated alkanes) is 1. The Morgan fingerprint density at radius 2 is 1.27 bits per heavy atom. The van der Waals surface area contributed by atoms with Gasteiger partial charge in [-0.2, -0.15) is 0 Å². The molecule has 10 heteroatoms. The third-order valence-electron chi connectivity index (χ3n) is 9.86. The molecule has 1 N–H and O–H groups in total. The van der Waals surface area contributed by atoms with Crippen LogP contribution in [0.3, 0.4) is 0 Å². The van der Waals surface area contributed by atoms with Gasteiger partial charge in [0.2, 0.25) is 5.82 Å². The summed E-state index contributed by atoms with van der Waals surface area (Å²) in [6.45, 7) is 2.25. The number of rotatable bonds is 13. The van der Waals surface area contributed by atoms with E-state index in [4.69, 9.17) is 15.0 Å². The molecule has 0 fully saturated rings. The van der Waals surface area contributed by atoms with Crippen LogP contribution in [0, 0.1) is 0 Å². The third-order valence-corrected chi connectivity index (χ3v) is 9.86. The fourth-order valence-electron chi connectivity index (χ4n) is 7.16. The first-order valence-corrected chi connectivity index (χ1v) is 18.1. The summed E-state index contributed by atoms with van der Waals surface area (Å²) in [6.07, 6.45) is 1.62. The fourth-order valence-corrected chi connectivity index (χ4v) is 7.16. The Bertz CT molecular complexity index is 2400. The van der Waals surface area contributed by atoms with E-state index >= 15 is 0 Å². The van der Waals surface area contributed by atoms with Crippen molar-refractivity contribution in [3.8, 4) is 22.5 Å². The molecule has 0 saturated heterocycles. The number of tetrazole rings is 1. The standard InChI is InChI=1S/C45H39N5O5/c1-3-4-28-49-40(38(44(54)55-2)30-39(42(49)51)43(52)53)29-31-24-26-32(27-25-31)36-22-14-15-23-37(36)41-46-48-50(47-41)45(33-16-8-5-9-17-33,34-18-10-6-11-19-34)35-20-12-7-13-21-35/h5-27,30H,3-4,28-29H2,1-2H3,(H,52,53). The van der Waals surface area contributed by atoms with Crippen LogP contribution in [0.4, 0.5) is 0 Å². The Hall–Kier alpha value is -6.94. The first kappa shape index (κ1) is 36.4. The van der Waals surface area contributed by atoms with Gasteiger partial charge < -0.3 is 14.4 Å². The largest absolute Gasteiger partial charge is 0.477 e. The lowest BCUT2D eigenvalue weighted by atomic mass is 9.77. The zero-order valence-corrected chi connectivity index (χ0v) is 30.5. The number of aromatic nitrogens is 5. The van der Waals surface area contributed by atoms with Crippen molar-refractivity contribution >= 4 is 11.9 Å². The number of carbonyl (C=O) groups is 2. The van der Waals surface area contributed by atoms with Gasteiger partial charge in [0.05, 0.1) is 12.7 Å². The van der Waals surface area contributed by atoms with Gasteiger partial charge in [-0.3, -0.25) is 4.79 Å². The first-order chi connectivity index (χ1) is 26.9. The van der Waals surface area contributed by atoms with Crippen molar-refractivity contribution in [3.05, 3.63) is 195 Å². The highest BCUT2D eigenvalue weighted by Crippen LogP contribution is 2.40. The summed E-state index contributed by atoms with van der Waals surface area (Å²) >= 11 is 0. The Labute approximate surface area is 318 Å². The summed E-state index contributed by atoms with van der Waals surface area (Å²) in [7, 11) is 1.23. The highest BCUT2D eigenvalue weighted by molar-refractivity contribution is 5.95. The molecule has 0 spiro atoms. The molecule has 5 aromatic carbocycles. The summed E-state index contributed by atoms with van der Waals surface area (Å²) in [5, 5.41) is 24.2. The van der Waals surface area contributed by atoms with Gasteiger partial charge in [-0.05, 0) is 51.1 Å². The van der Waals surface area contributed by atoms with Crippen LogP contribution in [-0.4, -0.2) is 48.9 Å². The molecule has 0 bridgehead atoms. The predicted octanol–water partition coefficient (Wildman–Crippen LogP) is 7.88. The second-order valence-corrected chi connectivity index (χ2v) is 13.2. The van der Waals surface area contributed by atoms with Crippen molar-refractivity contribution in [2.75, 3.05) is 7.11 Å². The maximum Gasteiger partial charge on any atom is 0.341 e. The van der Waals surface area contributed by atoms with E-state index in [1.165, 1.54) is 11.7 Å². The Balaban J connectivity index is 1.29. The quantitative estimate of drug-likeness (QED) is 0.0938. The molecule has 0 aliphatic rings. The number of ether oxygens (including phenoxy) is 1. The van der Waals surface area contributed by atoms with E-state index in [-0.39, 0.29) is 18.5 Å². The van der Waals surface area contributed by atoms with Crippen molar-refractivity contribution in [2.24, 2.45) is 0 Å². The van der Waals surface area contributed by atoms with Crippen LogP contribution in [0.15, 0.2) is 150 Å². The number of carboxylic acids is 1. The number of carboxylic acid groups (broad SMARTS) is 1. The minimum atomic E-state index is -1.39. The molecular weight excluding hydrogens is 691 g/mol. The SMILES string of the molecule is CCCCn1c(Cc2ccc(-c3ccccc3-c3nnn(C(c4ccccc4)(c4ccccc4)c4ccccc4)n3)cc2)c(C(=O)OC)cc(C(=O)O)c1=O. The van der Waals surface area contributed by atoms with E-state index in [1.54, 1.807) is 4.80 Å². The normalized spacial score (nSPS) is 11.3. The zero-order chi connectivity index (χ0) is 38.4. The van der Waals surface area contributed by atoms with E-state index in [0.29, 0.717) is 17.9 Å². The second kappa shape index (κ2) is 16.0. The first-order valence-electron chi connectivity index (χ1n) is 18.1. The Kier molecular flexibility index (Phi) is 10.6. The van der Waals surface area contributed by atoms with Gasteiger partial charge in [0.15, 0.2) is 5.54 Å². The topological polar surface area (TPSA) is 129 Å². The van der Waals surface area contributed by atoms with Crippen LogP contribution < -0.4 is 5.56 Å². The van der Waals surface area contributed by atoms with Gasteiger partial charge in [-0.15, -0.1) is 15.0 Å². The molecule has 7 aromatic rings. The molecule has 0 unspecified atom stereocenters. The summed E-state index contributed by atoms with van der Waals surface area (Å²) in [5.41, 5.74) is 4.76. The molecule has 0 aliphatic heterocycles. The van der Waals surface area contributed by atoms with Crippen LogP contribution in [0.5, 0.6) is 0 Å². The molecule has 2 heterocycles. The number of nitrogens with zero attached hydrogens (tertiary/aromatic N) is 5. The van der Waals surface area contributed by atoms with Crippen molar-refractivity contribution in [1.29, 1.82) is 0 Å². The second-order valence-electron chi connectivity index (χ2n) is 13.2. The smallest absolute Gasteiger partial charge is 0.341 e. The maximum atomic E-state index is 13.3. The highest BCUT2D eigenvalue weighted by Gasteiger charge is 2.41. The lowest BCUT2D eigenvalue weighted by Crippen LogP contribution is -2.39. The molecule has 0 saturated carbocycles. The van der Waals surface area contributed by atoms with Crippen molar-refractivity contribution in [3.63, 3.8) is 0 Å². The summed E-state index contributed by atoms with van der Waals surface area (Å²) in [6, 6.07) is 47.3. The average molecular weight is 730 g/mol. The molecule has 7 rings (SSSR count). The van der Waals surface area contributed by atoms with Crippen LogP contribution in [0.2, 0.25) is 0 Å². The van der Waals surface area contributed by atoms with E-state index in [1.807, 2.05) is 110 Å². The predicted molar refractivity (Wildman–Crippen MR) is 210 cm³/mol. The van der Waals surface area contributed by atoms with Crippen LogP contribution >= 0.6 is 0 Å². The molecule has 55 heavy (non-hydrogen) atoms. The van der Waals surface area contributed by atoms with E-state index in [2.05, 4.69) is 41.5 Å². The number of benzene rings is 5. The molecule has 10 nitrogen and oxygen atoms in total.